The molecule has 0 aliphatic rings. The smallest absolute Gasteiger partial charge is 0.154 e. The van der Waals surface area contributed by atoms with Crippen LogP contribution in [0.5, 0.6) is 0 Å². The normalized spacial score (nSPS) is 13.2. The van der Waals surface area contributed by atoms with Crippen LogP contribution in [-0.2, 0) is 14.2 Å². The van der Waals surface area contributed by atoms with Gasteiger partial charge in [-0.1, -0.05) is 13.3 Å². The summed E-state index contributed by atoms with van der Waals surface area (Å²) in [6, 6.07) is 0. The lowest BCUT2D eigenvalue weighted by atomic mass is 10.4. The standard InChI is InChI=1S/C10H21O3/c1-4-6-7-12-10(3)13-9-8-11-5-2/h10H,2,4-9H2,1,3H3. The average molecular weight is 189 g/mol. The van der Waals surface area contributed by atoms with E-state index >= 15 is 0 Å². The molecular weight excluding hydrogens is 168 g/mol. The van der Waals surface area contributed by atoms with E-state index in [1.54, 1.807) is 0 Å². The van der Waals surface area contributed by atoms with Gasteiger partial charge < -0.3 is 14.2 Å². The topological polar surface area (TPSA) is 27.7 Å². The summed E-state index contributed by atoms with van der Waals surface area (Å²) in [5.74, 6) is 0. The average Bonchev–Trinajstić information content (AvgIpc) is 2.13. The molecule has 0 saturated heterocycles. The Balaban J connectivity index is 3.05. The van der Waals surface area contributed by atoms with E-state index in [0.29, 0.717) is 19.8 Å². The molecule has 1 unspecified atom stereocenters. The SMILES string of the molecule is [CH2]COCCOC(C)OCCCC. The van der Waals surface area contributed by atoms with Gasteiger partial charge in [0.25, 0.3) is 0 Å². The van der Waals surface area contributed by atoms with E-state index in [2.05, 4.69) is 13.8 Å². The molecule has 3 heteroatoms. The molecule has 1 atom stereocenters. The van der Waals surface area contributed by atoms with Crippen LogP contribution in [-0.4, -0.2) is 32.7 Å². The van der Waals surface area contributed by atoms with E-state index in [9.17, 15) is 0 Å². The highest BCUT2D eigenvalue weighted by Crippen LogP contribution is 1.96. The number of rotatable bonds is 9. The summed E-state index contributed by atoms with van der Waals surface area (Å²) in [5.41, 5.74) is 0. The molecule has 0 bridgehead atoms. The Hall–Kier alpha value is -0.120. The minimum absolute atomic E-state index is 0.125. The maximum absolute atomic E-state index is 5.37. The lowest BCUT2D eigenvalue weighted by Crippen LogP contribution is -2.16. The van der Waals surface area contributed by atoms with Crippen molar-refractivity contribution in [2.75, 3.05) is 26.4 Å². The van der Waals surface area contributed by atoms with Gasteiger partial charge in [0.2, 0.25) is 0 Å². The lowest BCUT2D eigenvalue weighted by molar-refractivity contribution is -0.139. The van der Waals surface area contributed by atoms with E-state index in [1.165, 1.54) is 0 Å². The molecule has 0 saturated carbocycles. The first-order valence-corrected chi connectivity index (χ1v) is 4.91. The Kier molecular flexibility index (Phi) is 9.87. The van der Waals surface area contributed by atoms with Crippen molar-refractivity contribution in [2.45, 2.75) is 33.0 Å². The van der Waals surface area contributed by atoms with Crippen LogP contribution in [0, 0.1) is 6.92 Å². The highest BCUT2D eigenvalue weighted by atomic mass is 16.7. The summed E-state index contributed by atoms with van der Waals surface area (Å²) < 4.78 is 15.7. The molecule has 0 aromatic rings. The number of hydrogen-bond acceptors (Lipinski definition) is 3. The Morgan fingerprint density at radius 1 is 1.15 bits per heavy atom. The minimum Gasteiger partial charge on any atom is -0.379 e. The Labute approximate surface area is 81.4 Å². The van der Waals surface area contributed by atoms with Gasteiger partial charge in [0.05, 0.1) is 13.2 Å². The largest absolute Gasteiger partial charge is 0.379 e. The number of unbranched alkanes of at least 4 members (excludes halogenated alkanes) is 1. The maximum atomic E-state index is 5.37. The summed E-state index contributed by atoms with van der Waals surface area (Å²) in [6.45, 7) is 10.0. The van der Waals surface area contributed by atoms with Crippen LogP contribution in [0.4, 0.5) is 0 Å². The summed E-state index contributed by atoms with van der Waals surface area (Å²) in [4.78, 5) is 0. The highest BCUT2D eigenvalue weighted by molar-refractivity contribution is 4.37. The Bertz CT molecular complexity index is 96.2. The van der Waals surface area contributed by atoms with Gasteiger partial charge in [-0.3, -0.25) is 0 Å². The van der Waals surface area contributed by atoms with Crippen molar-refractivity contribution in [3.8, 4) is 0 Å². The van der Waals surface area contributed by atoms with Gasteiger partial charge in [0, 0.05) is 13.2 Å². The highest BCUT2D eigenvalue weighted by Gasteiger charge is 2.00. The van der Waals surface area contributed by atoms with Gasteiger partial charge in [-0.25, -0.2) is 0 Å². The van der Waals surface area contributed by atoms with Crippen LogP contribution < -0.4 is 0 Å². The molecule has 0 aromatic heterocycles. The van der Waals surface area contributed by atoms with E-state index < -0.39 is 0 Å². The summed E-state index contributed by atoms with van der Waals surface area (Å²) in [5, 5.41) is 0. The molecule has 13 heavy (non-hydrogen) atoms. The molecule has 0 fully saturated rings. The number of hydrogen-bond donors (Lipinski definition) is 0. The fourth-order valence-electron chi connectivity index (χ4n) is 0.817. The van der Waals surface area contributed by atoms with Crippen molar-refractivity contribution in [2.24, 2.45) is 0 Å². The third-order valence-electron chi connectivity index (χ3n) is 1.58. The van der Waals surface area contributed by atoms with Crippen molar-refractivity contribution < 1.29 is 14.2 Å². The van der Waals surface area contributed by atoms with Crippen LogP contribution in [0.25, 0.3) is 0 Å². The quantitative estimate of drug-likeness (QED) is 0.410. The molecule has 0 aromatic carbocycles. The second-order valence-corrected chi connectivity index (χ2v) is 2.78. The molecule has 0 aliphatic heterocycles. The lowest BCUT2D eigenvalue weighted by Gasteiger charge is -2.13. The van der Waals surface area contributed by atoms with E-state index in [4.69, 9.17) is 14.2 Å². The molecular formula is C10H21O3. The monoisotopic (exact) mass is 189 g/mol. The first-order valence-electron chi connectivity index (χ1n) is 4.91. The van der Waals surface area contributed by atoms with Crippen LogP contribution in [0.15, 0.2) is 0 Å². The molecule has 0 rings (SSSR count). The first kappa shape index (κ1) is 12.9. The Morgan fingerprint density at radius 3 is 2.46 bits per heavy atom. The molecule has 0 aliphatic carbocycles. The molecule has 0 spiro atoms. The van der Waals surface area contributed by atoms with Gasteiger partial charge in [-0.2, -0.15) is 0 Å². The van der Waals surface area contributed by atoms with Gasteiger partial charge in [-0.05, 0) is 20.3 Å². The third-order valence-corrected chi connectivity index (χ3v) is 1.58. The maximum Gasteiger partial charge on any atom is 0.154 e. The van der Waals surface area contributed by atoms with E-state index in [-0.39, 0.29) is 6.29 Å². The minimum atomic E-state index is -0.125. The van der Waals surface area contributed by atoms with Gasteiger partial charge in [-0.15, -0.1) is 0 Å². The number of ether oxygens (including phenoxy) is 3. The van der Waals surface area contributed by atoms with Crippen LogP contribution in [0.3, 0.4) is 0 Å². The van der Waals surface area contributed by atoms with E-state index in [1.807, 2.05) is 6.92 Å². The van der Waals surface area contributed by atoms with Crippen molar-refractivity contribution in [1.82, 2.24) is 0 Å². The fourth-order valence-corrected chi connectivity index (χ4v) is 0.817. The van der Waals surface area contributed by atoms with Gasteiger partial charge in [0.15, 0.2) is 6.29 Å². The predicted octanol–water partition coefficient (Wildman–Crippen LogP) is 2.02. The first-order chi connectivity index (χ1) is 6.31. The zero-order chi connectivity index (χ0) is 9.94. The van der Waals surface area contributed by atoms with Crippen LogP contribution in [0.2, 0.25) is 0 Å². The van der Waals surface area contributed by atoms with Crippen molar-refractivity contribution >= 4 is 0 Å². The summed E-state index contributed by atoms with van der Waals surface area (Å²) in [6.07, 6.45) is 2.11. The van der Waals surface area contributed by atoms with Gasteiger partial charge >= 0.3 is 0 Å². The fraction of sp³-hybridized carbons (Fsp3) is 0.900. The second-order valence-electron chi connectivity index (χ2n) is 2.78. The second kappa shape index (κ2) is 9.96. The van der Waals surface area contributed by atoms with E-state index in [0.717, 1.165) is 19.4 Å². The van der Waals surface area contributed by atoms with Crippen molar-refractivity contribution in [3.05, 3.63) is 6.92 Å². The summed E-state index contributed by atoms with van der Waals surface area (Å²) in [7, 11) is 0. The molecule has 0 amide bonds. The van der Waals surface area contributed by atoms with Crippen molar-refractivity contribution in [3.63, 3.8) is 0 Å². The van der Waals surface area contributed by atoms with Crippen LogP contribution >= 0.6 is 0 Å². The molecule has 79 valence electrons. The molecule has 0 heterocycles. The molecule has 3 nitrogen and oxygen atoms in total. The predicted molar refractivity (Wildman–Crippen MR) is 52.5 cm³/mol. The molecule has 0 N–H and O–H groups in total. The zero-order valence-corrected chi connectivity index (χ0v) is 8.75. The van der Waals surface area contributed by atoms with Crippen LogP contribution in [0.1, 0.15) is 26.7 Å². The Morgan fingerprint density at radius 2 is 1.85 bits per heavy atom. The summed E-state index contributed by atoms with van der Waals surface area (Å²) >= 11 is 0. The van der Waals surface area contributed by atoms with Crippen molar-refractivity contribution in [1.29, 1.82) is 0 Å². The zero-order valence-electron chi connectivity index (χ0n) is 8.75. The van der Waals surface area contributed by atoms with Gasteiger partial charge in [0.1, 0.15) is 0 Å². The molecule has 1 radical (unpaired) electrons. The third kappa shape index (κ3) is 9.80.